The number of hydrogen-bond donors (Lipinski definition) is 2. The molecule has 43 heavy (non-hydrogen) atoms. The average molecular weight is 682 g/mol. The molecule has 1 amide bonds. The molecule has 0 spiro atoms. The summed E-state index contributed by atoms with van der Waals surface area (Å²) in [5, 5.41) is 13.8. The summed E-state index contributed by atoms with van der Waals surface area (Å²) in [6.45, 7) is 9.80. The molecule has 3 unspecified atom stereocenters. The van der Waals surface area contributed by atoms with E-state index in [0.29, 0.717) is 61.2 Å². The molecule has 4 rings (SSSR count). The highest BCUT2D eigenvalue weighted by atomic mass is 79.9. The molecular weight excluding hydrogens is 638 g/mol. The highest BCUT2D eigenvalue weighted by Crippen LogP contribution is 2.28. The summed E-state index contributed by atoms with van der Waals surface area (Å²) in [6, 6.07) is 11.2. The summed E-state index contributed by atoms with van der Waals surface area (Å²) < 4.78 is 19.3. The minimum absolute atomic E-state index is 0.137. The van der Waals surface area contributed by atoms with Gasteiger partial charge in [-0.25, -0.2) is 9.59 Å². The number of rotatable bonds is 11. The lowest BCUT2D eigenvalue weighted by Crippen LogP contribution is -2.48. The lowest BCUT2D eigenvalue weighted by atomic mass is 10.1. The van der Waals surface area contributed by atoms with Gasteiger partial charge in [-0.15, -0.1) is 0 Å². The van der Waals surface area contributed by atoms with Crippen molar-refractivity contribution in [3.63, 3.8) is 0 Å². The SMILES string of the molecule is CC(C)(C)OC(=O)N1CCC(CNCc2cc(COC3CC(C(=O)O)[N+](C)(C)C3)cc(OCc3ccc(Cl)cc3Br)c2)C1. The van der Waals surface area contributed by atoms with Crippen LogP contribution in [0.15, 0.2) is 40.9 Å². The number of nitrogens with zero attached hydrogens (tertiary/aromatic N) is 2. The average Bonchev–Trinajstić information content (AvgIpc) is 3.50. The first kappa shape index (κ1) is 33.5. The number of halogens is 2. The smallest absolute Gasteiger partial charge is 0.410 e. The molecule has 2 heterocycles. The summed E-state index contributed by atoms with van der Waals surface area (Å²) in [5.41, 5.74) is 2.49. The van der Waals surface area contributed by atoms with Crippen molar-refractivity contribution in [2.45, 2.75) is 71.1 Å². The lowest BCUT2D eigenvalue weighted by molar-refractivity contribution is -0.895. The molecule has 2 N–H and O–H groups in total. The van der Waals surface area contributed by atoms with Crippen molar-refractivity contribution in [3.8, 4) is 5.75 Å². The minimum Gasteiger partial charge on any atom is -0.489 e. The van der Waals surface area contributed by atoms with Crippen LogP contribution in [0.3, 0.4) is 0 Å². The molecule has 2 aromatic rings. The Bertz CT molecular complexity index is 1300. The van der Waals surface area contributed by atoms with Crippen LogP contribution in [-0.2, 0) is 34.0 Å². The summed E-state index contributed by atoms with van der Waals surface area (Å²) >= 11 is 9.66. The molecular formula is C32H44BrClN3O6+. The molecule has 2 saturated heterocycles. The number of carboxylic acids is 1. The Balaban J connectivity index is 1.38. The van der Waals surface area contributed by atoms with Crippen molar-refractivity contribution in [1.29, 1.82) is 0 Å². The normalized spacial score (nSPS) is 21.7. The van der Waals surface area contributed by atoms with E-state index < -0.39 is 17.6 Å². The highest BCUT2D eigenvalue weighted by molar-refractivity contribution is 9.10. The summed E-state index contributed by atoms with van der Waals surface area (Å²) in [4.78, 5) is 26.0. The predicted molar refractivity (Wildman–Crippen MR) is 169 cm³/mol. The highest BCUT2D eigenvalue weighted by Gasteiger charge is 2.46. The van der Waals surface area contributed by atoms with E-state index in [0.717, 1.165) is 39.9 Å². The van der Waals surface area contributed by atoms with Gasteiger partial charge >= 0.3 is 12.1 Å². The fourth-order valence-corrected chi connectivity index (χ4v) is 6.50. The van der Waals surface area contributed by atoms with Gasteiger partial charge < -0.3 is 34.0 Å². The minimum atomic E-state index is -0.787. The fourth-order valence-electron chi connectivity index (χ4n) is 5.70. The van der Waals surface area contributed by atoms with Crippen LogP contribution < -0.4 is 10.1 Å². The van der Waals surface area contributed by atoms with Crippen LogP contribution in [0.25, 0.3) is 0 Å². The van der Waals surface area contributed by atoms with Crippen molar-refractivity contribution >= 4 is 39.6 Å². The second kappa shape index (κ2) is 14.2. The molecule has 0 bridgehead atoms. The Labute approximate surface area is 268 Å². The van der Waals surface area contributed by atoms with Gasteiger partial charge in [0.05, 0.1) is 20.7 Å². The van der Waals surface area contributed by atoms with Gasteiger partial charge in [0, 0.05) is 47.7 Å². The number of likely N-dealkylation sites (tertiary alicyclic amines) is 2. The number of carboxylic acid groups (broad SMARTS) is 1. The van der Waals surface area contributed by atoms with Gasteiger partial charge in [0.1, 0.15) is 30.6 Å². The molecule has 0 aromatic heterocycles. The molecule has 2 aliphatic heterocycles. The second-order valence-corrected chi connectivity index (χ2v) is 14.5. The Morgan fingerprint density at radius 2 is 1.88 bits per heavy atom. The number of likely N-dealkylation sites (N-methyl/N-ethyl adjacent to an activating group) is 1. The molecule has 0 aliphatic carbocycles. The number of carbonyl (C=O) groups excluding carboxylic acids is 1. The maximum Gasteiger partial charge on any atom is 0.410 e. The maximum atomic E-state index is 12.4. The van der Waals surface area contributed by atoms with E-state index in [-0.39, 0.29) is 12.2 Å². The number of hydrogen-bond acceptors (Lipinski definition) is 6. The van der Waals surface area contributed by atoms with Gasteiger partial charge in [0.25, 0.3) is 0 Å². The summed E-state index contributed by atoms with van der Waals surface area (Å²) in [6.07, 6.45) is 1.02. The van der Waals surface area contributed by atoms with Crippen LogP contribution in [0, 0.1) is 5.92 Å². The zero-order valence-electron chi connectivity index (χ0n) is 25.7. The van der Waals surface area contributed by atoms with Gasteiger partial charge in [-0.2, -0.15) is 0 Å². The van der Waals surface area contributed by atoms with Crippen LogP contribution in [0.1, 0.15) is 50.3 Å². The van der Waals surface area contributed by atoms with Crippen molar-refractivity contribution in [1.82, 2.24) is 10.2 Å². The Morgan fingerprint density at radius 1 is 1.14 bits per heavy atom. The molecule has 0 radical (unpaired) electrons. The summed E-state index contributed by atoms with van der Waals surface area (Å²) in [7, 11) is 3.87. The zero-order valence-corrected chi connectivity index (χ0v) is 28.0. The molecule has 9 nitrogen and oxygen atoms in total. The van der Waals surface area contributed by atoms with E-state index in [4.69, 9.17) is 25.8 Å². The molecule has 236 valence electrons. The number of nitrogens with one attached hydrogen (secondary N) is 1. The Kier molecular flexibility index (Phi) is 11.0. The number of benzene rings is 2. The van der Waals surface area contributed by atoms with Crippen molar-refractivity contribution in [2.24, 2.45) is 5.92 Å². The molecule has 2 aromatic carbocycles. The third-order valence-electron chi connectivity index (χ3n) is 7.91. The Morgan fingerprint density at radius 3 is 2.56 bits per heavy atom. The van der Waals surface area contributed by atoms with E-state index in [9.17, 15) is 14.7 Å². The fraction of sp³-hybridized carbons (Fsp3) is 0.562. The predicted octanol–water partition coefficient (Wildman–Crippen LogP) is 5.85. The zero-order chi connectivity index (χ0) is 31.4. The number of quaternary nitrogens is 1. The van der Waals surface area contributed by atoms with Crippen molar-refractivity contribution in [3.05, 3.63) is 62.6 Å². The topological polar surface area (TPSA) is 97.3 Å². The first-order chi connectivity index (χ1) is 20.2. The largest absolute Gasteiger partial charge is 0.489 e. The first-order valence-electron chi connectivity index (χ1n) is 14.7. The van der Waals surface area contributed by atoms with Crippen LogP contribution in [-0.4, -0.2) is 84.6 Å². The first-order valence-corrected chi connectivity index (χ1v) is 15.9. The number of aliphatic carboxylic acids is 1. The second-order valence-electron chi connectivity index (χ2n) is 13.2. The molecule has 2 aliphatic rings. The molecule has 3 atom stereocenters. The lowest BCUT2D eigenvalue weighted by Gasteiger charge is -2.28. The molecule has 2 fully saturated rings. The van der Waals surface area contributed by atoms with Crippen molar-refractivity contribution < 1.29 is 33.4 Å². The van der Waals surface area contributed by atoms with Crippen LogP contribution >= 0.6 is 27.5 Å². The molecule has 0 saturated carbocycles. The Hall–Kier alpha value is -2.37. The number of ether oxygens (including phenoxy) is 3. The van der Waals surface area contributed by atoms with E-state index in [1.54, 1.807) is 4.90 Å². The maximum absolute atomic E-state index is 12.4. The third-order valence-corrected chi connectivity index (χ3v) is 8.88. The van der Waals surface area contributed by atoms with Gasteiger partial charge in [0.15, 0.2) is 6.04 Å². The van der Waals surface area contributed by atoms with Gasteiger partial charge in [-0.05, 0) is 68.5 Å². The van der Waals surface area contributed by atoms with Gasteiger partial charge in [-0.3, -0.25) is 0 Å². The van der Waals surface area contributed by atoms with Crippen LogP contribution in [0.2, 0.25) is 5.02 Å². The van der Waals surface area contributed by atoms with Crippen molar-refractivity contribution in [2.75, 3.05) is 40.3 Å². The van der Waals surface area contributed by atoms with E-state index in [1.807, 2.05) is 65.2 Å². The number of amides is 1. The van der Waals surface area contributed by atoms with Gasteiger partial charge in [0.2, 0.25) is 0 Å². The van der Waals surface area contributed by atoms with E-state index in [1.165, 1.54) is 0 Å². The molecule has 11 heteroatoms. The van der Waals surface area contributed by atoms with Gasteiger partial charge in [-0.1, -0.05) is 39.7 Å². The van der Waals surface area contributed by atoms with E-state index in [2.05, 4.69) is 27.3 Å². The van der Waals surface area contributed by atoms with E-state index >= 15 is 0 Å². The third kappa shape index (κ3) is 9.81. The van der Waals surface area contributed by atoms with Crippen LogP contribution in [0.4, 0.5) is 4.79 Å². The monoisotopic (exact) mass is 680 g/mol. The quantitative estimate of drug-likeness (QED) is 0.288. The standard InChI is InChI=1S/C32H43BrClN3O6/c1-32(2,3)43-31(40)36-9-8-21(17-36)15-35-16-22-10-23(19-41-27-14-29(30(38)39)37(4,5)18-27)12-26(11-22)42-20-24-6-7-25(34)13-28(24)33/h6-7,10-13,21,27,29,35H,8-9,14-20H2,1-5H3/p+1. The number of carbonyl (C=O) groups is 2. The van der Waals surface area contributed by atoms with Crippen LogP contribution in [0.5, 0.6) is 5.75 Å². The summed E-state index contributed by atoms with van der Waals surface area (Å²) in [5.74, 6) is 0.287.